The van der Waals surface area contributed by atoms with Gasteiger partial charge in [-0.1, -0.05) is 12.6 Å². The zero-order valence-corrected chi connectivity index (χ0v) is 8.69. The molecule has 0 saturated heterocycles. The Morgan fingerprint density at radius 1 is 1.43 bits per heavy atom. The summed E-state index contributed by atoms with van der Waals surface area (Å²) in [6.07, 6.45) is 0. The summed E-state index contributed by atoms with van der Waals surface area (Å²) in [7, 11) is 0. The van der Waals surface area contributed by atoms with Gasteiger partial charge in [-0.25, -0.2) is 5.43 Å². The van der Waals surface area contributed by atoms with Crippen LogP contribution in [0.3, 0.4) is 0 Å². The lowest BCUT2D eigenvalue weighted by molar-refractivity contribution is 1.01. The molecule has 0 amide bonds. The molecule has 9 N–H and O–H groups in total. The van der Waals surface area contributed by atoms with Gasteiger partial charge < -0.3 is 17.2 Å². The number of rotatable bonds is 1. The second-order valence-electron chi connectivity index (χ2n) is 1.28. The van der Waals surface area contributed by atoms with Gasteiger partial charge in [-0.15, -0.1) is 5.10 Å². The summed E-state index contributed by atoms with van der Waals surface area (Å²) < 4.78 is 0. The molecule has 14 heavy (non-hydrogen) atoms. The van der Waals surface area contributed by atoms with E-state index in [-0.39, 0.29) is 11.9 Å². The number of guanidine groups is 2. The Kier molecular flexibility index (Phi) is 22.3. The predicted molar refractivity (Wildman–Crippen MR) is 60.8 cm³/mol. The Hall–Kier alpha value is -1.82. The average Bonchev–Trinajstić information content (AvgIpc) is 2.01. The third-order valence-corrected chi connectivity index (χ3v) is 0.313. The largest absolute Gasteiger partial charge is 0.370 e. The Labute approximate surface area is 91.6 Å². The SMILES string of the molecule is N#CS.N=C(N)N.N=C(N)NN=C=S. The lowest BCUT2D eigenvalue weighted by Crippen LogP contribution is -2.24. The molecule has 78 valence electrons. The van der Waals surface area contributed by atoms with Crippen molar-refractivity contribution in [1.82, 2.24) is 5.43 Å². The van der Waals surface area contributed by atoms with Gasteiger partial charge in [0.25, 0.3) is 0 Å². The van der Waals surface area contributed by atoms with Crippen LogP contribution in [0.1, 0.15) is 0 Å². The Bertz CT molecular complexity index is 245. The summed E-state index contributed by atoms with van der Waals surface area (Å²) in [6, 6.07) is 0. The molecular formula is C4H10N8S2. The molecule has 0 saturated carbocycles. The number of thiol groups is 1. The molecule has 0 bridgehead atoms. The van der Waals surface area contributed by atoms with Crippen molar-refractivity contribution in [3.8, 4) is 5.40 Å². The van der Waals surface area contributed by atoms with Gasteiger partial charge in [0.15, 0.2) is 5.96 Å². The van der Waals surface area contributed by atoms with Gasteiger partial charge in [-0.05, 0) is 12.2 Å². The lowest BCUT2D eigenvalue weighted by atomic mass is 11.1. The summed E-state index contributed by atoms with van der Waals surface area (Å²) in [4.78, 5) is 0. The van der Waals surface area contributed by atoms with Crippen molar-refractivity contribution in [2.75, 3.05) is 0 Å². The number of isothiocyanates is 1. The highest BCUT2D eigenvalue weighted by Gasteiger charge is 1.72. The smallest absolute Gasteiger partial charge is 0.207 e. The number of thiocarbonyl (C=S) groups is 1. The number of nitrogens with one attached hydrogen (secondary N) is 3. The zero-order valence-electron chi connectivity index (χ0n) is 6.98. The molecule has 8 nitrogen and oxygen atoms in total. The minimum atomic E-state index is -0.333. The number of hydrogen-bond acceptors (Lipinski definition) is 6. The first-order chi connectivity index (χ1) is 6.42. The molecule has 10 heteroatoms. The van der Waals surface area contributed by atoms with Crippen molar-refractivity contribution in [1.29, 1.82) is 16.1 Å². The van der Waals surface area contributed by atoms with Crippen LogP contribution in [0.5, 0.6) is 0 Å². The molecule has 0 rings (SSSR count). The fourth-order valence-corrected chi connectivity index (χ4v) is 0.129. The van der Waals surface area contributed by atoms with Crippen LogP contribution >= 0.6 is 24.8 Å². The van der Waals surface area contributed by atoms with E-state index < -0.39 is 0 Å². The van der Waals surface area contributed by atoms with Gasteiger partial charge >= 0.3 is 0 Å². The molecule has 0 aromatic heterocycles. The van der Waals surface area contributed by atoms with Crippen LogP contribution < -0.4 is 22.6 Å². The normalized spacial score (nSPS) is 5.43. The lowest BCUT2D eigenvalue weighted by Gasteiger charge is -1.86. The minimum absolute atomic E-state index is 0.239. The summed E-state index contributed by atoms with van der Waals surface area (Å²) >= 11 is 7.23. The maximum atomic E-state index is 7.18. The van der Waals surface area contributed by atoms with Crippen LogP contribution in [-0.2, 0) is 0 Å². The van der Waals surface area contributed by atoms with Crippen molar-refractivity contribution >= 4 is 41.9 Å². The highest BCUT2D eigenvalue weighted by atomic mass is 32.1. The van der Waals surface area contributed by atoms with E-state index in [0.29, 0.717) is 0 Å². The third-order valence-electron chi connectivity index (χ3n) is 0.222. The van der Waals surface area contributed by atoms with E-state index in [1.807, 2.05) is 5.16 Å². The molecule has 0 radical (unpaired) electrons. The van der Waals surface area contributed by atoms with Crippen molar-refractivity contribution in [3.05, 3.63) is 0 Å². The second kappa shape index (κ2) is 17.3. The number of hydrazone groups is 1. The first kappa shape index (κ1) is 18.1. The van der Waals surface area contributed by atoms with Gasteiger partial charge in [-0.2, -0.15) is 5.26 Å². The predicted octanol–water partition coefficient (Wildman–Crippen LogP) is -1.28. The summed E-state index contributed by atoms with van der Waals surface area (Å²) in [5.74, 6) is -0.572. The fraction of sp³-hybridized carbons (Fsp3) is 0. The van der Waals surface area contributed by atoms with E-state index in [4.69, 9.17) is 21.8 Å². The van der Waals surface area contributed by atoms with E-state index in [0.717, 1.165) is 0 Å². The number of thiocyanates is 1. The maximum absolute atomic E-state index is 7.18. The van der Waals surface area contributed by atoms with Crippen LogP contribution in [0.4, 0.5) is 0 Å². The van der Waals surface area contributed by atoms with Crippen LogP contribution in [0.25, 0.3) is 0 Å². The number of hydrogen-bond donors (Lipinski definition) is 7. The van der Waals surface area contributed by atoms with Gasteiger partial charge in [0.1, 0.15) is 5.40 Å². The van der Waals surface area contributed by atoms with Gasteiger partial charge in [0, 0.05) is 0 Å². The number of nitrogens with zero attached hydrogens (tertiary/aromatic N) is 2. The standard InChI is InChI=1S/C2H4N4S.CH5N3.CHNS/c3-2(4)6-5-1-7;2-1(3)4;2-1-3/h(H4,3,4,6);(H5,2,3,4);3H. The summed E-state index contributed by atoms with van der Waals surface area (Å²) in [6.45, 7) is 0. The Balaban J connectivity index is -0.000000147. The molecule has 0 heterocycles. The highest BCUT2D eigenvalue weighted by molar-refractivity contribution is 7.85. The Morgan fingerprint density at radius 2 is 1.71 bits per heavy atom. The van der Waals surface area contributed by atoms with E-state index in [9.17, 15) is 0 Å². The zero-order chi connectivity index (χ0) is 12.0. The molecule has 0 aliphatic heterocycles. The monoisotopic (exact) mass is 234 g/mol. The van der Waals surface area contributed by atoms with Gasteiger partial charge in [0.05, 0.1) is 5.16 Å². The van der Waals surface area contributed by atoms with E-state index in [1.165, 1.54) is 5.40 Å². The topological polar surface area (TPSA) is 174 Å². The molecule has 0 aromatic carbocycles. The maximum Gasteiger partial charge on any atom is 0.207 e. The molecular weight excluding hydrogens is 224 g/mol. The van der Waals surface area contributed by atoms with Crippen molar-refractivity contribution < 1.29 is 0 Å². The minimum Gasteiger partial charge on any atom is -0.370 e. The molecule has 0 aliphatic rings. The van der Waals surface area contributed by atoms with Crippen LogP contribution in [-0.4, -0.2) is 17.1 Å². The van der Waals surface area contributed by atoms with Gasteiger partial charge in [-0.3, -0.25) is 10.8 Å². The summed E-state index contributed by atoms with van der Waals surface area (Å²) in [5.41, 5.74) is 15.8. The van der Waals surface area contributed by atoms with Crippen LogP contribution in [0.2, 0.25) is 0 Å². The highest BCUT2D eigenvalue weighted by Crippen LogP contribution is 1.48. The first-order valence-electron chi connectivity index (χ1n) is 2.71. The Morgan fingerprint density at radius 3 is 1.79 bits per heavy atom. The fourth-order valence-electron chi connectivity index (χ4n) is 0.0830. The quantitative estimate of drug-likeness (QED) is 0.0742. The summed E-state index contributed by atoms with van der Waals surface area (Å²) in [5, 5.41) is 26.3. The van der Waals surface area contributed by atoms with E-state index in [2.05, 4.69) is 46.8 Å². The molecule has 0 spiro atoms. The second-order valence-corrected chi connectivity index (χ2v) is 1.67. The third kappa shape index (κ3) is 181. The van der Waals surface area contributed by atoms with Gasteiger partial charge in [0.2, 0.25) is 5.96 Å². The van der Waals surface area contributed by atoms with Crippen LogP contribution in [0.15, 0.2) is 5.10 Å². The average molecular weight is 234 g/mol. The molecule has 0 atom stereocenters. The van der Waals surface area contributed by atoms with Crippen molar-refractivity contribution in [3.63, 3.8) is 0 Å². The van der Waals surface area contributed by atoms with Crippen LogP contribution in [0, 0.1) is 21.5 Å². The molecule has 0 unspecified atom stereocenters. The number of nitrogens with two attached hydrogens (primary N) is 3. The number of nitriles is 1. The van der Waals surface area contributed by atoms with E-state index in [1.54, 1.807) is 0 Å². The van der Waals surface area contributed by atoms with Crippen molar-refractivity contribution in [2.24, 2.45) is 22.3 Å². The first-order valence-corrected chi connectivity index (χ1v) is 3.57. The molecule has 0 aromatic rings. The van der Waals surface area contributed by atoms with E-state index >= 15 is 0 Å². The van der Waals surface area contributed by atoms with Crippen molar-refractivity contribution in [2.45, 2.75) is 0 Å². The molecule has 0 aliphatic carbocycles. The molecule has 0 fully saturated rings.